The van der Waals surface area contributed by atoms with Crippen molar-refractivity contribution in [1.82, 2.24) is 9.88 Å². The molecule has 0 aromatic carbocycles. The Labute approximate surface area is 97.6 Å². The molecule has 2 fully saturated rings. The van der Waals surface area contributed by atoms with Gasteiger partial charge in [-0.3, -0.25) is 9.88 Å². The molecule has 0 N–H and O–H groups in total. The molecule has 15 heavy (non-hydrogen) atoms. The van der Waals surface area contributed by atoms with Crippen LogP contribution in [-0.4, -0.2) is 35.2 Å². The maximum Gasteiger partial charge on any atom is 0.0718 e. The summed E-state index contributed by atoms with van der Waals surface area (Å²) in [6.45, 7) is 2.93. The van der Waals surface area contributed by atoms with E-state index < -0.39 is 0 Å². The largest absolute Gasteiger partial charge is 0.375 e. The summed E-state index contributed by atoms with van der Waals surface area (Å²) in [5.41, 5.74) is 1.14. The molecule has 0 spiro atoms. The first-order chi connectivity index (χ1) is 7.31. The Morgan fingerprint density at radius 3 is 3.07 bits per heavy atom. The first-order valence-corrected chi connectivity index (χ1v) is 6.06. The van der Waals surface area contributed by atoms with Crippen molar-refractivity contribution in [3.8, 4) is 0 Å². The van der Waals surface area contributed by atoms with Gasteiger partial charge in [0.1, 0.15) is 0 Å². The first-order valence-electron chi connectivity index (χ1n) is 5.27. The van der Waals surface area contributed by atoms with Gasteiger partial charge in [0.15, 0.2) is 0 Å². The highest BCUT2D eigenvalue weighted by atomic mass is 79.9. The zero-order valence-corrected chi connectivity index (χ0v) is 9.98. The van der Waals surface area contributed by atoms with Gasteiger partial charge in [-0.25, -0.2) is 0 Å². The summed E-state index contributed by atoms with van der Waals surface area (Å²) in [7, 11) is 0. The second-order valence-electron chi connectivity index (χ2n) is 4.24. The summed E-state index contributed by atoms with van der Waals surface area (Å²) in [6, 6.07) is 4.75. The second-order valence-corrected chi connectivity index (χ2v) is 5.16. The molecule has 2 bridgehead atoms. The van der Waals surface area contributed by atoms with Crippen LogP contribution in [0.25, 0.3) is 0 Å². The van der Waals surface area contributed by atoms with Crippen molar-refractivity contribution < 1.29 is 4.74 Å². The Hall–Kier alpha value is -0.450. The quantitative estimate of drug-likeness (QED) is 0.818. The van der Waals surface area contributed by atoms with E-state index in [1.807, 2.05) is 12.3 Å². The lowest BCUT2D eigenvalue weighted by atomic mass is 10.2. The van der Waals surface area contributed by atoms with Crippen molar-refractivity contribution in [2.75, 3.05) is 13.2 Å². The van der Waals surface area contributed by atoms with Gasteiger partial charge >= 0.3 is 0 Å². The summed E-state index contributed by atoms with van der Waals surface area (Å²) in [6.07, 6.45) is 3.54. The summed E-state index contributed by atoms with van der Waals surface area (Å²) < 4.78 is 6.61. The van der Waals surface area contributed by atoms with E-state index in [0.29, 0.717) is 12.1 Å². The fraction of sp³-hybridized carbons (Fsp3) is 0.545. The minimum atomic E-state index is 0.477. The van der Waals surface area contributed by atoms with E-state index in [-0.39, 0.29) is 0 Å². The van der Waals surface area contributed by atoms with Gasteiger partial charge < -0.3 is 4.74 Å². The van der Waals surface area contributed by atoms with Gasteiger partial charge in [0.05, 0.1) is 18.4 Å². The molecule has 3 nitrogen and oxygen atoms in total. The third-order valence-electron chi connectivity index (χ3n) is 3.17. The molecule has 80 valence electrons. The molecule has 3 rings (SSSR count). The highest BCUT2D eigenvalue weighted by molar-refractivity contribution is 9.10. The molecule has 0 unspecified atom stereocenters. The van der Waals surface area contributed by atoms with E-state index in [2.05, 4.69) is 31.9 Å². The zero-order chi connectivity index (χ0) is 10.3. The third kappa shape index (κ3) is 1.94. The molecule has 0 amide bonds. The lowest BCUT2D eigenvalue weighted by Gasteiger charge is -2.26. The Morgan fingerprint density at radius 1 is 1.53 bits per heavy atom. The van der Waals surface area contributed by atoms with Gasteiger partial charge in [-0.05, 0) is 34.5 Å². The lowest BCUT2D eigenvalue weighted by Crippen LogP contribution is -2.36. The van der Waals surface area contributed by atoms with Gasteiger partial charge in [-0.1, -0.05) is 0 Å². The van der Waals surface area contributed by atoms with E-state index in [4.69, 9.17) is 4.74 Å². The number of morpholine rings is 1. The highest BCUT2D eigenvalue weighted by Gasteiger charge is 2.38. The highest BCUT2D eigenvalue weighted by Crippen LogP contribution is 2.28. The normalized spacial score (nSPS) is 29.9. The molecule has 0 saturated carbocycles. The van der Waals surface area contributed by atoms with Crippen molar-refractivity contribution in [2.45, 2.75) is 25.1 Å². The summed E-state index contributed by atoms with van der Waals surface area (Å²) in [5, 5.41) is 0. The van der Waals surface area contributed by atoms with Gasteiger partial charge in [0, 0.05) is 29.8 Å². The second kappa shape index (κ2) is 3.85. The number of hydrogen-bond donors (Lipinski definition) is 0. The van der Waals surface area contributed by atoms with Crippen molar-refractivity contribution in [1.29, 1.82) is 0 Å². The van der Waals surface area contributed by atoms with Crippen LogP contribution in [0.15, 0.2) is 22.8 Å². The number of aromatic nitrogens is 1. The molecule has 2 aliphatic heterocycles. The fourth-order valence-electron chi connectivity index (χ4n) is 2.38. The molecule has 0 aliphatic carbocycles. The lowest BCUT2D eigenvalue weighted by molar-refractivity contribution is 0.0268. The number of likely N-dealkylation sites (tertiary alicyclic amines) is 1. The van der Waals surface area contributed by atoms with Crippen molar-refractivity contribution >= 4 is 15.9 Å². The number of rotatable bonds is 2. The Balaban J connectivity index is 1.68. The standard InChI is InChI=1S/C11H13BrN2O/c12-8-1-2-9(13-4-8)5-14-6-11-3-10(14)7-15-11/h1-2,4,10-11H,3,5-7H2/t10-,11-/m1/s1. The average molecular weight is 269 g/mol. The van der Waals surface area contributed by atoms with E-state index in [1.54, 1.807) is 0 Å². The fourth-order valence-corrected chi connectivity index (χ4v) is 2.62. The van der Waals surface area contributed by atoms with E-state index in [1.165, 1.54) is 6.42 Å². The van der Waals surface area contributed by atoms with Crippen LogP contribution in [0.4, 0.5) is 0 Å². The molecule has 2 aliphatic rings. The number of halogens is 1. The molecule has 0 radical (unpaired) electrons. The SMILES string of the molecule is Brc1ccc(CN2C[C@H]3C[C@@H]2CO3)nc1. The van der Waals surface area contributed by atoms with E-state index >= 15 is 0 Å². The maximum absolute atomic E-state index is 5.57. The van der Waals surface area contributed by atoms with Crippen LogP contribution >= 0.6 is 15.9 Å². The topological polar surface area (TPSA) is 25.4 Å². The number of ether oxygens (including phenoxy) is 1. The van der Waals surface area contributed by atoms with Gasteiger partial charge in [-0.15, -0.1) is 0 Å². The van der Waals surface area contributed by atoms with Gasteiger partial charge in [-0.2, -0.15) is 0 Å². The van der Waals surface area contributed by atoms with Gasteiger partial charge in [0.25, 0.3) is 0 Å². The molecule has 1 aromatic heterocycles. The smallest absolute Gasteiger partial charge is 0.0718 e. The third-order valence-corrected chi connectivity index (χ3v) is 3.64. The molecule has 2 saturated heterocycles. The van der Waals surface area contributed by atoms with Gasteiger partial charge in [0.2, 0.25) is 0 Å². The molecule has 3 heterocycles. The monoisotopic (exact) mass is 268 g/mol. The van der Waals surface area contributed by atoms with Crippen LogP contribution in [0.5, 0.6) is 0 Å². The Bertz CT molecular complexity index is 354. The number of nitrogens with zero attached hydrogens (tertiary/aromatic N) is 2. The average Bonchev–Trinajstić information content (AvgIpc) is 2.83. The maximum atomic E-state index is 5.57. The van der Waals surface area contributed by atoms with Crippen LogP contribution < -0.4 is 0 Å². The first kappa shape index (κ1) is 9.75. The van der Waals surface area contributed by atoms with Crippen molar-refractivity contribution in [2.24, 2.45) is 0 Å². The van der Waals surface area contributed by atoms with Crippen LogP contribution in [0.3, 0.4) is 0 Å². The van der Waals surface area contributed by atoms with E-state index in [0.717, 1.165) is 29.9 Å². The van der Waals surface area contributed by atoms with Crippen LogP contribution in [0.1, 0.15) is 12.1 Å². The number of pyridine rings is 1. The number of hydrogen-bond acceptors (Lipinski definition) is 3. The van der Waals surface area contributed by atoms with Crippen LogP contribution in [-0.2, 0) is 11.3 Å². The summed E-state index contributed by atoms with van der Waals surface area (Å²) in [4.78, 5) is 6.87. The van der Waals surface area contributed by atoms with Crippen molar-refractivity contribution in [3.63, 3.8) is 0 Å². The molecular weight excluding hydrogens is 256 g/mol. The number of fused-ring (bicyclic) bond motifs is 2. The molecule has 1 aromatic rings. The van der Waals surface area contributed by atoms with Crippen LogP contribution in [0, 0.1) is 0 Å². The summed E-state index contributed by atoms with van der Waals surface area (Å²) in [5.74, 6) is 0. The summed E-state index contributed by atoms with van der Waals surface area (Å²) >= 11 is 3.39. The molecule has 4 heteroatoms. The molecular formula is C11H13BrN2O. The zero-order valence-electron chi connectivity index (χ0n) is 8.40. The minimum absolute atomic E-state index is 0.477. The predicted molar refractivity (Wildman–Crippen MR) is 60.5 cm³/mol. The predicted octanol–water partition coefficient (Wildman–Crippen LogP) is 1.82. The Kier molecular flexibility index (Phi) is 2.50. The van der Waals surface area contributed by atoms with Crippen LogP contribution in [0.2, 0.25) is 0 Å². The van der Waals surface area contributed by atoms with E-state index in [9.17, 15) is 0 Å². The Morgan fingerprint density at radius 2 is 2.47 bits per heavy atom. The molecule has 2 atom stereocenters. The minimum Gasteiger partial charge on any atom is -0.375 e. The van der Waals surface area contributed by atoms with Crippen molar-refractivity contribution in [3.05, 3.63) is 28.5 Å².